The van der Waals surface area contributed by atoms with E-state index in [1.54, 1.807) is 30.3 Å². The molecule has 3 aromatic rings. The highest BCUT2D eigenvalue weighted by molar-refractivity contribution is 5.96. The third-order valence-corrected chi connectivity index (χ3v) is 4.82. The SMILES string of the molecule is Cl.NC(C(=O)Nc1ccc2nc(-c3ccc(F)cc3)oc2c1)C1CCOCC1. The summed E-state index contributed by atoms with van der Waals surface area (Å²) in [4.78, 5) is 16.8. The molecule has 2 heterocycles. The zero-order chi connectivity index (χ0) is 18.8. The second-order valence-corrected chi connectivity index (χ2v) is 6.67. The standard InChI is InChI=1S/C20H20FN3O3.ClH/c21-14-3-1-13(2-4-14)20-24-16-6-5-15(11-17(16)27-20)23-19(25)18(22)12-7-9-26-10-8-12;/h1-6,11-12,18H,7-10,22H2,(H,23,25);1H. The largest absolute Gasteiger partial charge is 0.436 e. The maximum atomic E-state index is 13.1. The number of aromatic nitrogens is 1. The third kappa shape index (κ3) is 4.32. The molecule has 148 valence electrons. The van der Waals surface area contributed by atoms with Crippen molar-refractivity contribution in [1.29, 1.82) is 0 Å². The first-order valence-corrected chi connectivity index (χ1v) is 8.91. The minimum atomic E-state index is -0.575. The van der Waals surface area contributed by atoms with Gasteiger partial charge >= 0.3 is 0 Å². The molecule has 0 saturated carbocycles. The number of nitrogens with two attached hydrogens (primary N) is 1. The minimum absolute atomic E-state index is 0. The number of benzene rings is 2. The molecule has 1 aliphatic heterocycles. The molecule has 1 unspecified atom stereocenters. The fraction of sp³-hybridized carbons (Fsp3) is 0.300. The lowest BCUT2D eigenvalue weighted by molar-refractivity contribution is -0.119. The average Bonchev–Trinajstić information content (AvgIpc) is 3.12. The molecular weight excluding hydrogens is 385 g/mol. The second kappa shape index (κ2) is 8.68. The Morgan fingerprint density at radius 2 is 1.89 bits per heavy atom. The summed E-state index contributed by atoms with van der Waals surface area (Å²) in [6, 6.07) is 10.6. The summed E-state index contributed by atoms with van der Waals surface area (Å²) in [5, 5.41) is 2.85. The topological polar surface area (TPSA) is 90.4 Å². The molecule has 1 atom stereocenters. The molecule has 6 nitrogen and oxygen atoms in total. The fourth-order valence-electron chi connectivity index (χ4n) is 3.23. The molecule has 4 rings (SSSR count). The van der Waals surface area contributed by atoms with E-state index >= 15 is 0 Å². The summed E-state index contributed by atoms with van der Waals surface area (Å²) >= 11 is 0. The molecule has 0 aliphatic carbocycles. The van der Waals surface area contributed by atoms with Crippen LogP contribution in [-0.2, 0) is 9.53 Å². The van der Waals surface area contributed by atoms with Gasteiger partial charge < -0.3 is 20.2 Å². The lowest BCUT2D eigenvalue weighted by Gasteiger charge is -2.26. The summed E-state index contributed by atoms with van der Waals surface area (Å²) in [5.74, 6) is -0.0227. The average molecular weight is 406 g/mol. The second-order valence-electron chi connectivity index (χ2n) is 6.67. The lowest BCUT2D eigenvalue weighted by Crippen LogP contribution is -2.43. The Labute approximate surface area is 167 Å². The number of rotatable bonds is 4. The van der Waals surface area contributed by atoms with Crippen molar-refractivity contribution in [3.63, 3.8) is 0 Å². The molecule has 0 radical (unpaired) electrons. The van der Waals surface area contributed by atoms with Gasteiger partial charge in [-0.05, 0) is 55.2 Å². The predicted molar refractivity (Wildman–Crippen MR) is 107 cm³/mol. The van der Waals surface area contributed by atoms with Crippen molar-refractivity contribution in [3.05, 3.63) is 48.3 Å². The van der Waals surface area contributed by atoms with Crippen molar-refractivity contribution in [2.75, 3.05) is 18.5 Å². The smallest absolute Gasteiger partial charge is 0.241 e. The van der Waals surface area contributed by atoms with Crippen LogP contribution in [0.2, 0.25) is 0 Å². The van der Waals surface area contributed by atoms with Gasteiger partial charge in [0, 0.05) is 30.5 Å². The summed E-state index contributed by atoms with van der Waals surface area (Å²) in [6.07, 6.45) is 1.58. The number of ether oxygens (including phenoxy) is 1. The first kappa shape index (κ1) is 20.3. The van der Waals surface area contributed by atoms with Crippen molar-refractivity contribution >= 4 is 35.1 Å². The first-order valence-electron chi connectivity index (χ1n) is 8.91. The van der Waals surface area contributed by atoms with Crippen molar-refractivity contribution < 1.29 is 18.3 Å². The van der Waals surface area contributed by atoms with E-state index in [4.69, 9.17) is 14.9 Å². The van der Waals surface area contributed by atoms with E-state index in [1.165, 1.54) is 12.1 Å². The van der Waals surface area contributed by atoms with E-state index in [2.05, 4.69) is 10.3 Å². The molecule has 0 spiro atoms. The number of halogens is 2. The number of anilines is 1. The number of carbonyl (C=O) groups excluding carboxylic acids is 1. The van der Waals surface area contributed by atoms with Crippen LogP contribution in [0.25, 0.3) is 22.6 Å². The van der Waals surface area contributed by atoms with E-state index in [1.807, 2.05) is 0 Å². The number of hydrogen-bond acceptors (Lipinski definition) is 5. The number of nitrogens with zero attached hydrogens (tertiary/aromatic N) is 1. The molecule has 2 aromatic carbocycles. The fourth-order valence-corrected chi connectivity index (χ4v) is 3.23. The highest BCUT2D eigenvalue weighted by atomic mass is 35.5. The van der Waals surface area contributed by atoms with Crippen LogP contribution in [0.1, 0.15) is 12.8 Å². The zero-order valence-corrected chi connectivity index (χ0v) is 15.9. The number of carbonyl (C=O) groups is 1. The number of oxazole rings is 1. The van der Waals surface area contributed by atoms with Crippen LogP contribution in [0.4, 0.5) is 10.1 Å². The van der Waals surface area contributed by atoms with E-state index in [0.717, 1.165) is 12.8 Å². The van der Waals surface area contributed by atoms with Gasteiger partial charge in [0.05, 0.1) is 6.04 Å². The Bertz CT molecular complexity index is 955. The summed E-state index contributed by atoms with van der Waals surface area (Å²) in [6.45, 7) is 1.28. The van der Waals surface area contributed by atoms with Crippen molar-refractivity contribution in [3.8, 4) is 11.5 Å². The molecule has 0 bridgehead atoms. The molecule has 1 amide bonds. The Hall–Kier alpha value is -2.48. The Morgan fingerprint density at radius 3 is 2.61 bits per heavy atom. The predicted octanol–water partition coefficient (Wildman–Crippen LogP) is 3.75. The number of amides is 1. The van der Waals surface area contributed by atoms with Gasteiger partial charge in [0.1, 0.15) is 11.3 Å². The zero-order valence-electron chi connectivity index (χ0n) is 15.1. The molecule has 3 N–H and O–H groups in total. The van der Waals surface area contributed by atoms with Crippen molar-refractivity contribution in [2.45, 2.75) is 18.9 Å². The highest BCUT2D eigenvalue weighted by Gasteiger charge is 2.26. The van der Waals surface area contributed by atoms with Crippen molar-refractivity contribution in [1.82, 2.24) is 4.98 Å². The van der Waals surface area contributed by atoms with Gasteiger partial charge in [-0.2, -0.15) is 0 Å². The van der Waals surface area contributed by atoms with E-state index < -0.39 is 6.04 Å². The van der Waals surface area contributed by atoms with Crippen LogP contribution >= 0.6 is 12.4 Å². The minimum Gasteiger partial charge on any atom is -0.436 e. The van der Waals surface area contributed by atoms with Gasteiger partial charge in [-0.15, -0.1) is 12.4 Å². The molecule has 28 heavy (non-hydrogen) atoms. The monoisotopic (exact) mass is 405 g/mol. The normalized spacial score (nSPS) is 15.8. The quantitative estimate of drug-likeness (QED) is 0.689. The number of hydrogen-bond donors (Lipinski definition) is 2. The van der Waals surface area contributed by atoms with Crippen LogP contribution in [0.5, 0.6) is 0 Å². The Morgan fingerprint density at radius 1 is 1.18 bits per heavy atom. The van der Waals surface area contributed by atoms with Crippen LogP contribution in [0.15, 0.2) is 46.9 Å². The molecule has 1 saturated heterocycles. The lowest BCUT2D eigenvalue weighted by atomic mass is 9.92. The highest BCUT2D eigenvalue weighted by Crippen LogP contribution is 2.27. The van der Waals surface area contributed by atoms with Gasteiger partial charge in [0.2, 0.25) is 11.8 Å². The number of fused-ring (bicyclic) bond motifs is 1. The Kier molecular flexibility index (Phi) is 6.28. The van der Waals surface area contributed by atoms with Crippen molar-refractivity contribution in [2.24, 2.45) is 11.7 Å². The van der Waals surface area contributed by atoms with Gasteiger partial charge in [-0.3, -0.25) is 4.79 Å². The molecular formula is C20H21ClFN3O3. The summed E-state index contributed by atoms with van der Waals surface area (Å²) in [7, 11) is 0. The van der Waals surface area contributed by atoms with E-state index in [9.17, 15) is 9.18 Å². The molecule has 8 heteroatoms. The Balaban J connectivity index is 0.00000225. The molecule has 1 aromatic heterocycles. The molecule has 1 fully saturated rings. The first-order chi connectivity index (χ1) is 13.1. The van der Waals surface area contributed by atoms with Gasteiger partial charge in [-0.25, -0.2) is 9.37 Å². The summed E-state index contributed by atoms with van der Waals surface area (Å²) < 4.78 is 24.1. The molecule has 1 aliphatic rings. The van der Waals surface area contributed by atoms with Crippen LogP contribution < -0.4 is 11.1 Å². The number of nitrogens with one attached hydrogen (secondary N) is 1. The van der Waals surface area contributed by atoms with Crippen LogP contribution in [-0.4, -0.2) is 30.1 Å². The van der Waals surface area contributed by atoms with E-state index in [-0.39, 0.29) is 30.0 Å². The van der Waals surface area contributed by atoms with Crippen LogP contribution in [0, 0.1) is 11.7 Å². The van der Waals surface area contributed by atoms with Gasteiger partial charge in [0.25, 0.3) is 0 Å². The maximum absolute atomic E-state index is 13.1. The van der Waals surface area contributed by atoms with E-state index in [0.29, 0.717) is 41.5 Å². The van der Waals surface area contributed by atoms with Crippen LogP contribution in [0.3, 0.4) is 0 Å². The van der Waals surface area contributed by atoms with Gasteiger partial charge in [-0.1, -0.05) is 0 Å². The summed E-state index contributed by atoms with van der Waals surface area (Å²) in [5.41, 5.74) is 8.57. The third-order valence-electron chi connectivity index (χ3n) is 4.82. The van der Waals surface area contributed by atoms with Gasteiger partial charge in [0.15, 0.2) is 5.58 Å². The maximum Gasteiger partial charge on any atom is 0.241 e.